The fraction of sp³-hybridized carbons (Fsp3) is 0.455. The third-order valence-electron chi connectivity index (χ3n) is 1.90. The normalized spacial score (nSPS) is 10.3. The highest BCUT2D eigenvalue weighted by Gasteiger charge is 2.09. The minimum atomic E-state index is -0.0863. The van der Waals surface area contributed by atoms with Crippen molar-refractivity contribution in [3.05, 3.63) is 29.6 Å². The van der Waals surface area contributed by atoms with Gasteiger partial charge < -0.3 is 5.32 Å². The summed E-state index contributed by atoms with van der Waals surface area (Å²) in [5.74, 6) is 0.375. The molecule has 1 aromatic rings. The quantitative estimate of drug-likeness (QED) is 0.793. The van der Waals surface area contributed by atoms with E-state index in [9.17, 15) is 4.79 Å². The Morgan fingerprint density at radius 1 is 1.57 bits per heavy atom. The van der Waals surface area contributed by atoms with Crippen LogP contribution < -0.4 is 5.32 Å². The van der Waals surface area contributed by atoms with E-state index in [1.165, 1.54) is 0 Å². The lowest BCUT2D eigenvalue weighted by Gasteiger charge is -2.08. The summed E-state index contributed by atoms with van der Waals surface area (Å²) < 4.78 is 0. The summed E-state index contributed by atoms with van der Waals surface area (Å²) >= 11 is 0. The summed E-state index contributed by atoms with van der Waals surface area (Å²) in [6.07, 6.45) is 1.64. The molecule has 76 valence electrons. The molecule has 0 unspecified atom stereocenters. The Labute approximate surface area is 84.6 Å². The monoisotopic (exact) mass is 192 g/mol. The van der Waals surface area contributed by atoms with E-state index in [2.05, 4.69) is 24.1 Å². The maximum atomic E-state index is 11.6. The van der Waals surface area contributed by atoms with Crippen molar-refractivity contribution in [2.45, 2.75) is 20.8 Å². The van der Waals surface area contributed by atoms with Gasteiger partial charge in [0.05, 0.1) is 0 Å². The predicted molar refractivity (Wildman–Crippen MR) is 56.1 cm³/mol. The molecule has 0 aromatic carbocycles. The molecular weight excluding hydrogens is 176 g/mol. The van der Waals surface area contributed by atoms with Gasteiger partial charge in [-0.3, -0.25) is 9.78 Å². The number of nitrogens with one attached hydrogen (secondary N) is 1. The van der Waals surface area contributed by atoms with Crippen molar-refractivity contribution in [3.8, 4) is 0 Å². The molecule has 1 amide bonds. The average Bonchev–Trinajstić information content (AvgIpc) is 2.15. The van der Waals surface area contributed by atoms with Crippen LogP contribution in [-0.4, -0.2) is 17.4 Å². The molecule has 1 N–H and O–H groups in total. The Hall–Kier alpha value is -1.38. The second-order valence-corrected chi connectivity index (χ2v) is 3.77. The molecule has 0 atom stereocenters. The molecule has 3 nitrogen and oxygen atoms in total. The van der Waals surface area contributed by atoms with E-state index in [0.717, 1.165) is 5.56 Å². The molecule has 0 aliphatic heterocycles. The van der Waals surface area contributed by atoms with Crippen LogP contribution in [0.2, 0.25) is 0 Å². The molecule has 1 heterocycles. The largest absolute Gasteiger partial charge is 0.350 e. The van der Waals surface area contributed by atoms with Gasteiger partial charge in [0.25, 0.3) is 5.91 Å². The van der Waals surface area contributed by atoms with Gasteiger partial charge in [0.1, 0.15) is 5.69 Å². The predicted octanol–water partition coefficient (Wildman–Crippen LogP) is 1.78. The van der Waals surface area contributed by atoms with Crippen molar-refractivity contribution in [1.29, 1.82) is 0 Å². The van der Waals surface area contributed by atoms with Gasteiger partial charge in [-0.2, -0.15) is 0 Å². The standard InChI is InChI=1S/C11H16N2O/c1-8(2)7-13-11(14)10-9(3)5-4-6-12-10/h4-6,8H,7H2,1-3H3,(H,13,14). The van der Waals surface area contributed by atoms with Crippen LogP contribution in [0, 0.1) is 12.8 Å². The number of rotatable bonds is 3. The number of aromatic nitrogens is 1. The van der Waals surface area contributed by atoms with Crippen LogP contribution >= 0.6 is 0 Å². The fourth-order valence-electron chi connectivity index (χ4n) is 1.10. The van der Waals surface area contributed by atoms with Gasteiger partial charge >= 0.3 is 0 Å². The van der Waals surface area contributed by atoms with Gasteiger partial charge in [0, 0.05) is 12.7 Å². The number of amides is 1. The topological polar surface area (TPSA) is 42.0 Å². The minimum absolute atomic E-state index is 0.0863. The van der Waals surface area contributed by atoms with Crippen molar-refractivity contribution in [2.24, 2.45) is 5.92 Å². The van der Waals surface area contributed by atoms with Crippen molar-refractivity contribution in [2.75, 3.05) is 6.54 Å². The molecule has 0 bridgehead atoms. The van der Waals surface area contributed by atoms with E-state index >= 15 is 0 Å². The van der Waals surface area contributed by atoms with Crippen LogP contribution in [0.25, 0.3) is 0 Å². The lowest BCUT2D eigenvalue weighted by atomic mass is 10.2. The SMILES string of the molecule is Cc1cccnc1C(=O)NCC(C)C. The van der Waals surface area contributed by atoms with Crippen LogP contribution in [0.5, 0.6) is 0 Å². The van der Waals surface area contributed by atoms with E-state index in [0.29, 0.717) is 18.2 Å². The van der Waals surface area contributed by atoms with Gasteiger partial charge in [-0.05, 0) is 24.5 Å². The number of aryl methyl sites for hydroxylation is 1. The molecule has 1 aromatic heterocycles. The highest BCUT2D eigenvalue weighted by Crippen LogP contribution is 2.02. The van der Waals surface area contributed by atoms with E-state index < -0.39 is 0 Å². The van der Waals surface area contributed by atoms with Gasteiger partial charge in [0.15, 0.2) is 0 Å². The van der Waals surface area contributed by atoms with E-state index in [1.54, 1.807) is 6.20 Å². The number of carbonyl (C=O) groups is 1. The van der Waals surface area contributed by atoms with Gasteiger partial charge in [-0.15, -0.1) is 0 Å². The second-order valence-electron chi connectivity index (χ2n) is 3.77. The first kappa shape index (κ1) is 10.7. The Bertz CT molecular complexity index is 321. The number of hydrogen-bond donors (Lipinski definition) is 1. The van der Waals surface area contributed by atoms with E-state index in [4.69, 9.17) is 0 Å². The van der Waals surface area contributed by atoms with Gasteiger partial charge in [-0.1, -0.05) is 19.9 Å². The molecule has 0 spiro atoms. The molecule has 3 heteroatoms. The van der Waals surface area contributed by atoms with Crippen LogP contribution in [0.4, 0.5) is 0 Å². The molecule has 0 aliphatic rings. The number of pyridine rings is 1. The average molecular weight is 192 g/mol. The molecule has 0 saturated carbocycles. The molecule has 14 heavy (non-hydrogen) atoms. The van der Waals surface area contributed by atoms with Gasteiger partial charge in [-0.25, -0.2) is 0 Å². The van der Waals surface area contributed by atoms with E-state index in [1.807, 2.05) is 19.1 Å². The maximum Gasteiger partial charge on any atom is 0.270 e. The molecule has 0 aliphatic carbocycles. The third kappa shape index (κ3) is 2.83. The lowest BCUT2D eigenvalue weighted by molar-refractivity contribution is 0.0943. The summed E-state index contributed by atoms with van der Waals surface area (Å²) in [4.78, 5) is 15.6. The Morgan fingerprint density at radius 2 is 2.29 bits per heavy atom. The molecular formula is C11H16N2O. The Morgan fingerprint density at radius 3 is 2.86 bits per heavy atom. The zero-order valence-corrected chi connectivity index (χ0v) is 8.87. The Kier molecular flexibility index (Phi) is 3.63. The zero-order chi connectivity index (χ0) is 10.6. The number of nitrogens with zero attached hydrogens (tertiary/aromatic N) is 1. The van der Waals surface area contributed by atoms with Crippen molar-refractivity contribution >= 4 is 5.91 Å². The first-order valence-corrected chi connectivity index (χ1v) is 4.81. The lowest BCUT2D eigenvalue weighted by Crippen LogP contribution is -2.28. The summed E-state index contributed by atoms with van der Waals surface area (Å²) in [6.45, 7) is 6.70. The van der Waals surface area contributed by atoms with Gasteiger partial charge in [0.2, 0.25) is 0 Å². The highest BCUT2D eigenvalue weighted by atomic mass is 16.1. The number of hydrogen-bond acceptors (Lipinski definition) is 2. The summed E-state index contributed by atoms with van der Waals surface area (Å²) in [5.41, 5.74) is 1.43. The van der Waals surface area contributed by atoms with Crippen molar-refractivity contribution in [3.63, 3.8) is 0 Å². The second kappa shape index (κ2) is 4.74. The summed E-state index contributed by atoms with van der Waals surface area (Å²) in [6, 6.07) is 3.71. The minimum Gasteiger partial charge on any atom is -0.350 e. The summed E-state index contributed by atoms with van der Waals surface area (Å²) in [5, 5.41) is 2.84. The molecule has 0 radical (unpaired) electrons. The van der Waals surface area contributed by atoms with Crippen molar-refractivity contribution < 1.29 is 4.79 Å². The Balaban J connectivity index is 2.65. The van der Waals surface area contributed by atoms with Crippen LogP contribution in [-0.2, 0) is 0 Å². The summed E-state index contributed by atoms with van der Waals surface area (Å²) in [7, 11) is 0. The smallest absolute Gasteiger partial charge is 0.270 e. The molecule has 0 saturated heterocycles. The first-order valence-electron chi connectivity index (χ1n) is 4.81. The fourth-order valence-corrected chi connectivity index (χ4v) is 1.10. The molecule has 1 rings (SSSR count). The number of carbonyl (C=O) groups excluding carboxylic acids is 1. The van der Waals surface area contributed by atoms with Crippen LogP contribution in [0.3, 0.4) is 0 Å². The van der Waals surface area contributed by atoms with Crippen LogP contribution in [0.15, 0.2) is 18.3 Å². The highest BCUT2D eigenvalue weighted by molar-refractivity contribution is 5.93. The van der Waals surface area contributed by atoms with Crippen molar-refractivity contribution in [1.82, 2.24) is 10.3 Å². The zero-order valence-electron chi connectivity index (χ0n) is 8.87. The third-order valence-corrected chi connectivity index (χ3v) is 1.90. The maximum absolute atomic E-state index is 11.6. The first-order chi connectivity index (χ1) is 6.61. The molecule has 0 fully saturated rings. The van der Waals surface area contributed by atoms with Crippen LogP contribution in [0.1, 0.15) is 29.9 Å². The van der Waals surface area contributed by atoms with E-state index in [-0.39, 0.29) is 5.91 Å².